The van der Waals surface area contributed by atoms with Gasteiger partial charge in [-0.1, -0.05) is 12.1 Å². The van der Waals surface area contributed by atoms with Gasteiger partial charge in [0, 0.05) is 0 Å². The van der Waals surface area contributed by atoms with Gasteiger partial charge in [-0.15, -0.1) is 0 Å². The zero-order chi connectivity index (χ0) is 14.8. The Kier molecular flexibility index (Phi) is 4.40. The molecular weight excluding hydrogens is 264 g/mol. The summed E-state index contributed by atoms with van der Waals surface area (Å²) in [7, 11) is -3.71. The number of esters is 1. The van der Waals surface area contributed by atoms with E-state index in [2.05, 4.69) is 0 Å². The summed E-state index contributed by atoms with van der Waals surface area (Å²) in [6.07, 6.45) is 0. The quantitative estimate of drug-likeness (QED) is 0.800. The minimum Gasteiger partial charge on any atom is -0.459 e. The van der Waals surface area contributed by atoms with Gasteiger partial charge in [-0.25, -0.2) is 8.42 Å². The van der Waals surface area contributed by atoms with Crippen molar-refractivity contribution in [1.82, 2.24) is 0 Å². The lowest BCUT2D eigenvalue weighted by molar-refractivity contribution is -0.153. The lowest BCUT2D eigenvalue weighted by Crippen LogP contribution is -2.35. The zero-order valence-corrected chi connectivity index (χ0v) is 12.7. The third-order valence-corrected chi connectivity index (χ3v) is 4.56. The van der Waals surface area contributed by atoms with Gasteiger partial charge < -0.3 is 4.74 Å². The molecule has 1 unspecified atom stereocenters. The minimum atomic E-state index is -3.71. The van der Waals surface area contributed by atoms with Gasteiger partial charge in [0.05, 0.1) is 4.90 Å². The molecule has 5 heteroatoms. The van der Waals surface area contributed by atoms with E-state index in [1.54, 1.807) is 45.9 Å². The van der Waals surface area contributed by atoms with Gasteiger partial charge in [0.1, 0.15) is 5.60 Å². The van der Waals surface area contributed by atoms with Crippen LogP contribution in [0.2, 0.25) is 0 Å². The Labute approximate surface area is 114 Å². The highest BCUT2D eigenvalue weighted by atomic mass is 32.2. The fourth-order valence-corrected chi connectivity index (χ4v) is 2.84. The Morgan fingerprint density at radius 2 is 1.84 bits per heavy atom. The van der Waals surface area contributed by atoms with Crippen molar-refractivity contribution in [3.05, 3.63) is 29.8 Å². The Bertz CT molecular complexity index is 567. The normalized spacial score (nSPS) is 13.9. The van der Waals surface area contributed by atoms with Crippen LogP contribution >= 0.6 is 0 Å². The molecule has 1 aromatic rings. The molecule has 0 radical (unpaired) electrons. The van der Waals surface area contributed by atoms with Crippen LogP contribution in [0, 0.1) is 6.92 Å². The van der Waals surface area contributed by atoms with Crippen molar-refractivity contribution >= 4 is 15.8 Å². The number of hydrogen-bond donors (Lipinski definition) is 0. The number of carbonyl (C=O) groups is 1. The number of benzene rings is 1. The molecule has 0 fully saturated rings. The van der Waals surface area contributed by atoms with Gasteiger partial charge >= 0.3 is 5.97 Å². The standard InChI is InChI=1S/C14H20O4S/c1-10-7-6-8-12(9-10)19(16,17)11(2)13(15)18-14(3,4)5/h6-9,11H,1-5H3. The smallest absolute Gasteiger partial charge is 0.324 e. The van der Waals surface area contributed by atoms with Crippen LogP contribution in [0.25, 0.3) is 0 Å². The maximum Gasteiger partial charge on any atom is 0.324 e. The molecule has 0 bridgehead atoms. The van der Waals surface area contributed by atoms with Crippen LogP contribution in [0.15, 0.2) is 29.2 Å². The molecule has 0 saturated carbocycles. The number of sulfone groups is 1. The van der Waals surface area contributed by atoms with Crippen molar-refractivity contribution in [2.75, 3.05) is 0 Å². The van der Waals surface area contributed by atoms with E-state index < -0.39 is 26.7 Å². The molecule has 0 aromatic heterocycles. The van der Waals surface area contributed by atoms with Gasteiger partial charge in [-0.05, 0) is 52.3 Å². The number of hydrogen-bond acceptors (Lipinski definition) is 4. The minimum absolute atomic E-state index is 0.144. The largest absolute Gasteiger partial charge is 0.459 e. The van der Waals surface area contributed by atoms with Gasteiger partial charge in [0.15, 0.2) is 15.1 Å². The molecule has 4 nitrogen and oxygen atoms in total. The molecular formula is C14H20O4S. The molecule has 0 spiro atoms. The van der Waals surface area contributed by atoms with Gasteiger partial charge in [-0.2, -0.15) is 0 Å². The lowest BCUT2D eigenvalue weighted by atomic mass is 10.2. The van der Waals surface area contributed by atoms with Crippen molar-refractivity contribution in [2.24, 2.45) is 0 Å². The first kappa shape index (κ1) is 15.7. The van der Waals surface area contributed by atoms with Crippen molar-refractivity contribution < 1.29 is 17.9 Å². The monoisotopic (exact) mass is 284 g/mol. The summed E-state index contributed by atoms with van der Waals surface area (Å²) in [4.78, 5) is 12.0. The highest BCUT2D eigenvalue weighted by Crippen LogP contribution is 2.20. The van der Waals surface area contributed by atoms with Gasteiger partial charge in [-0.3, -0.25) is 4.79 Å². The van der Waals surface area contributed by atoms with E-state index in [9.17, 15) is 13.2 Å². The molecule has 106 valence electrons. The van der Waals surface area contributed by atoms with E-state index in [1.165, 1.54) is 13.0 Å². The first-order valence-electron chi connectivity index (χ1n) is 6.07. The molecule has 0 aliphatic rings. The van der Waals surface area contributed by atoms with E-state index in [0.29, 0.717) is 0 Å². The maximum absolute atomic E-state index is 12.3. The highest BCUT2D eigenvalue weighted by Gasteiger charge is 2.33. The Hall–Kier alpha value is -1.36. The first-order chi connectivity index (χ1) is 8.54. The average molecular weight is 284 g/mol. The fraction of sp³-hybridized carbons (Fsp3) is 0.500. The second-order valence-electron chi connectivity index (χ2n) is 5.54. The molecule has 1 atom stereocenters. The Morgan fingerprint density at radius 3 is 2.32 bits per heavy atom. The number of ether oxygens (including phenoxy) is 1. The Morgan fingerprint density at radius 1 is 1.26 bits per heavy atom. The number of carbonyl (C=O) groups excluding carboxylic acids is 1. The number of rotatable bonds is 3. The summed E-state index contributed by atoms with van der Waals surface area (Å²) in [5, 5.41) is -1.21. The second-order valence-corrected chi connectivity index (χ2v) is 7.81. The molecule has 0 heterocycles. The first-order valence-corrected chi connectivity index (χ1v) is 7.62. The molecule has 0 saturated heterocycles. The van der Waals surface area contributed by atoms with Crippen LogP contribution in [-0.4, -0.2) is 25.2 Å². The van der Waals surface area contributed by atoms with Crippen LogP contribution in [0.4, 0.5) is 0 Å². The van der Waals surface area contributed by atoms with E-state index in [1.807, 2.05) is 0 Å². The summed E-state index contributed by atoms with van der Waals surface area (Å²) in [6.45, 7) is 8.27. The third kappa shape index (κ3) is 4.06. The highest BCUT2D eigenvalue weighted by molar-refractivity contribution is 7.92. The summed E-state index contributed by atoms with van der Waals surface area (Å²) in [5.41, 5.74) is 0.130. The summed E-state index contributed by atoms with van der Waals surface area (Å²) in [5.74, 6) is -0.728. The van der Waals surface area contributed by atoms with E-state index in [-0.39, 0.29) is 4.90 Å². The van der Waals surface area contributed by atoms with Crippen molar-refractivity contribution in [3.63, 3.8) is 0 Å². The zero-order valence-electron chi connectivity index (χ0n) is 11.9. The molecule has 0 aliphatic heterocycles. The van der Waals surface area contributed by atoms with Crippen LogP contribution in [0.3, 0.4) is 0 Å². The second kappa shape index (κ2) is 5.33. The van der Waals surface area contributed by atoms with Gasteiger partial charge in [0.25, 0.3) is 0 Å². The topological polar surface area (TPSA) is 60.4 Å². The predicted molar refractivity (Wildman–Crippen MR) is 73.7 cm³/mol. The molecule has 0 N–H and O–H groups in total. The van der Waals surface area contributed by atoms with Crippen LogP contribution in [-0.2, 0) is 19.4 Å². The fourth-order valence-electron chi connectivity index (χ4n) is 1.51. The van der Waals surface area contributed by atoms with Crippen molar-refractivity contribution in [1.29, 1.82) is 0 Å². The molecule has 0 aliphatic carbocycles. The molecule has 1 aromatic carbocycles. The summed E-state index contributed by atoms with van der Waals surface area (Å²) in [6, 6.07) is 6.50. The predicted octanol–water partition coefficient (Wildman–Crippen LogP) is 2.50. The summed E-state index contributed by atoms with van der Waals surface area (Å²) < 4.78 is 29.7. The molecule has 0 amide bonds. The maximum atomic E-state index is 12.3. The van der Waals surface area contributed by atoms with Crippen LogP contribution in [0.1, 0.15) is 33.3 Å². The van der Waals surface area contributed by atoms with Crippen molar-refractivity contribution in [2.45, 2.75) is 50.4 Å². The lowest BCUT2D eigenvalue weighted by Gasteiger charge is -2.22. The van der Waals surface area contributed by atoms with E-state index >= 15 is 0 Å². The average Bonchev–Trinajstić information content (AvgIpc) is 2.25. The van der Waals surface area contributed by atoms with Crippen LogP contribution in [0.5, 0.6) is 0 Å². The SMILES string of the molecule is Cc1cccc(S(=O)(=O)C(C)C(=O)OC(C)(C)C)c1. The van der Waals surface area contributed by atoms with E-state index in [4.69, 9.17) is 4.74 Å². The Balaban J connectivity index is 3.04. The summed E-state index contributed by atoms with van der Waals surface area (Å²) >= 11 is 0. The number of aryl methyl sites for hydroxylation is 1. The van der Waals surface area contributed by atoms with E-state index in [0.717, 1.165) is 5.56 Å². The molecule has 19 heavy (non-hydrogen) atoms. The molecule has 1 rings (SSSR count). The van der Waals surface area contributed by atoms with Gasteiger partial charge in [0.2, 0.25) is 0 Å². The third-order valence-electron chi connectivity index (χ3n) is 2.52. The van der Waals surface area contributed by atoms with Crippen molar-refractivity contribution in [3.8, 4) is 0 Å². The van der Waals surface area contributed by atoms with Crippen LogP contribution < -0.4 is 0 Å².